The molecule has 3 nitrogen and oxygen atoms in total. The molecule has 11 aromatic rings. The van der Waals surface area contributed by atoms with Crippen molar-refractivity contribution in [3.05, 3.63) is 170 Å². The van der Waals surface area contributed by atoms with Crippen LogP contribution < -0.4 is 0 Å². The van der Waals surface area contributed by atoms with E-state index >= 15 is 0 Å². The van der Waals surface area contributed by atoms with Gasteiger partial charge >= 0.3 is 0 Å². The second-order valence-electron chi connectivity index (χ2n) is 12.9. The van der Waals surface area contributed by atoms with Crippen molar-refractivity contribution in [3.63, 3.8) is 0 Å². The maximum atomic E-state index is 6.27. The highest BCUT2D eigenvalue weighted by Crippen LogP contribution is 2.43. The van der Waals surface area contributed by atoms with Gasteiger partial charge in [-0.15, -0.1) is 0 Å². The van der Waals surface area contributed by atoms with Gasteiger partial charge in [0.25, 0.3) is 0 Å². The molecule has 0 amide bonds. The van der Waals surface area contributed by atoms with Gasteiger partial charge in [0.1, 0.15) is 11.2 Å². The molecule has 3 heteroatoms. The lowest BCUT2D eigenvalue weighted by molar-refractivity contribution is 0.669. The molecule has 0 radical (unpaired) electrons. The number of hydrogen-bond donors (Lipinski definition) is 0. The lowest BCUT2D eigenvalue weighted by Crippen LogP contribution is -1.96. The average Bonchev–Trinajstić information content (AvgIpc) is 3.81. The van der Waals surface area contributed by atoms with Crippen molar-refractivity contribution >= 4 is 76.3 Å². The highest BCUT2D eigenvalue weighted by molar-refractivity contribution is 6.25. The topological polar surface area (TPSA) is 23.0 Å². The minimum Gasteiger partial charge on any atom is -0.456 e. The van der Waals surface area contributed by atoms with Crippen LogP contribution in [0, 0.1) is 0 Å². The van der Waals surface area contributed by atoms with Crippen LogP contribution >= 0.6 is 0 Å². The second-order valence-corrected chi connectivity index (χ2v) is 12.9. The molecule has 3 heterocycles. The molecule has 228 valence electrons. The highest BCUT2D eigenvalue weighted by atomic mass is 16.3. The maximum absolute atomic E-state index is 6.27. The molecule has 0 aliphatic heterocycles. The van der Waals surface area contributed by atoms with Crippen LogP contribution in [-0.4, -0.2) is 9.13 Å². The molecule has 49 heavy (non-hydrogen) atoms. The molecule has 8 aromatic carbocycles. The van der Waals surface area contributed by atoms with E-state index in [1.165, 1.54) is 59.9 Å². The van der Waals surface area contributed by atoms with Crippen LogP contribution in [0.2, 0.25) is 0 Å². The number of nitrogens with zero attached hydrogens (tertiary/aromatic N) is 2. The summed E-state index contributed by atoms with van der Waals surface area (Å²) in [6.45, 7) is 0. The van der Waals surface area contributed by atoms with Gasteiger partial charge in [-0.1, -0.05) is 109 Å². The van der Waals surface area contributed by atoms with E-state index in [0.29, 0.717) is 0 Å². The van der Waals surface area contributed by atoms with Gasteiger partial charge in [0.15, 0.2) is 0 Å². The zero-order valence-corrected chi connectivity index (χ0v) is 26.5. The van der Waals surface area contributed by atoms with Crippen molar-refractivity contribution in [2.24, 2.45) is 0 Å². The van der Waals surface area contributed by atoms with Crippen LogP contribution in [0.1, 0.15) is 0 Å². The van der Waals surface area contributed by atoms with Gasteiger partial charge in [0.2, 0.25) is 0 Å². The van der Waals surface area contributed by atoms with Gasteiger partial charge in [0, 0.05) is 43.7 Å². The first-order chi connectivity index (χ1) is 24.3. The molecule has 0 bridgehead atoms. The van der Waals surface area contributed by atoms with Crippen molar-refractivity contribution in [3.8, 4) is 22.5 Å². The number of furan rings is 1. The van der Waals surface area contributed by atoms with E-state index < -0.39 is 0 Å². The first kappa shape index (κ1) is 26.5. The number of fused-ring (bicyclic) bond motifs is 11. The van der Waals surface area contributed by atoms with Gasteiger partial charge in [-0.3, -0.25) is 0 Å². The van der Waals surface area contributed by atoms with E-state index in [0.717, 1.165) is 38.9 Å². The van der Waals surface area contributed by atoms with Crippen molar-refractivity contribution < 1.29 is 4.42 Å². The summed E-state index contributed by atoms with van der Waals surface area (Å²) in [5, 5.41) is 9.86. The fourth-order valence-corrected chi connectivity index (χ4v) is 8.21. The van der Waals surface area contributed by atoms with Crippen LogP contribution in [-0.2, 0) is 0 Å². The van der Waals surface area contributed by atoms with Crippen molar-refractivity contribution in [1.82, 2.24) is 9.13 Å². The zero-order chi connectivity index (χ0) is 32.1. The molecule has 0 atom stereocenters. The fraction of sp³-hybridized carbons (Fsp3) is 0. The summed E-state index contributed by atoms with van der Waals surface area (Å²) < 4.78 is 11.1. The maximum Gasteiger partial charge on any atom is 0.136 e. The van der Waals surface area contributed by atoms with E-state index in [4.69, 9.17) is 4.42 Å². The van der Waals surface area contributed by atoms with Crippen LogP contribution in [0.25, 0.3) is 98.8 Å². The Morgan fingerprint density at radius 1 is 0.347 bits per heavy atom. The largest absolute Gasteiger partial charge is 0.456 e. The van der Waals surface area contributed by atoms with E-state index in [1.807, 2.05) is 12.1 Å². The van der Waals surface area contributed by atoms with Crippen LogP contribution in [0.15, 0.2) is 174 Å². The van der Waals surface area contributed by atoms with E-state index in [2.05, 4.69) is 167 Å². The predicted octanol–water partition coefficient (Wildman–Crippen LogP) is 12.6. The SMILES string of the molecule is c1ccc(-n2c3cc4c(cc3c3c5ccccc5ccc32)c2ccccc2n4-c2cccc(-c3cccc4oc5ccccc5c34)c2)cc1. The monoisotopic (exact) mass is 624 g/mol. The molecule has 0 N–H and O–H groups in total. The Hall–Kier alpha value is -6.58. The molecular formula is C46H28N2O. The number of aromatic nitrogens is 2. The lowest BCUT2D eigenvalue weighted by Gasteiger charge is -2.12. The summed E-state index contributed by atoms with van der Waals surface area (Å²) in [6.07, 6.45) is 0. The third-order valence-electron chi connectivity index (χ3n) is 10.3. The molecule has 3 aromatic heterocycles. The highest BCUT2D eigenvalue weighted by Gasteiger charge is 2.20. The van der Waals surface area contributed by atoms with E-state index in [9.17, 15) is 0 Å². The molecule has 0 aliphatic rings. The van der Waals surface area contributed by atoms with Gasteiger partial charge in [-0.2, -0.15) is 0 Å². The van der Waals surface area contributed by atoms with Crippen LogP contribution in [0.4, 0.5) is 0 Å². The molecule has 11 rings (SSSR count). The quantitative estimate of drug-likeness (QED) is 0.192. The summed E-state index contributed by atoms with van der Waals surface area (Å²) in [6, 6.07) is 61.3. The Morgan fingerprint density at radius 3 is 1.96 bits per heavy atom. The lowest BCUT2D eigenvalue weighted by atomic mass is 9.99. The summed E-state index contributed by atoms with van der Waals surface area (Å²) in [5.41, 5.74) is 11.2. The number of benzene rings is 8. The van der Waals surface area contributed by atoms with Crippen LogP contribution in [0.3, 0.4) is 0 Å². The standard InChI is InChI=1S/C46H28N2O/c1-2-14-31(15-3-1)47-40-25-24-29-12-4-5-17-33(29)45(40)38-27-37-35-18-6-8-21-39(35)48(41(37)28-42(38)47)32-16-10-13-30(26-32)34-20-11-23-44-46(34)36-19-7-9-22-43(36)49-44/h1-28H. The Kier molecular flexibility index (Phi) is 5.38. The van der Waals surface area contributed by atoms with Gasteiger partial charge in [-0.25, -0.2) is 0 Å². The smallest absolute Gasteiger partial charge is 0.136 e. The second kappa shape index (κ2) is 9.96. The first-order valence-electron chi connectivity index (χ1n) is 16.8. The van der Waals surface area contributed by atoms with Gasteiger partial charge < -0.3 is 13.6 Å². The molecular weight excluding hydrogens is 597 g/mol. The van der Waals surface area contributed by atoms with E-state index in [1.54, 1.807) is 0 Å². The predicted molar refractivity (Wildman–Crippen MR) is 205 cm³/mol. The normalized spacial score (nSPS) is 12.1. The molecule has 0 unspecified atom stereocenters. The van der Waals surface area contributed by atoms with Crippen molar-refractivity contribution in [2.45, 2.75) is 0 Å². The molecule has 0 spiro atoms. The third kappa shape index (κ3) is 3.73. The molecule has 0 fully saturated rings. The molecule has 0 saturated carbocycles. The fourth-order valence-electron chi connectivity index (χ4n) is 8.21. The minimum atomic E-state index is 0.907. The Balaban J connectivity index is 1.24. The van der Waals surface area contributed by atoms with Crippen molar-refractivity contribution in [2.75, 3.05) is 0 Å². The number of para-hydroxylation sites is 3. The third-order valence-corrected chi connectivity index (χ3v) is 10.3. The minimum absolute atomic E-state index is 0.907. The number of rotatable bonds is 3. The average molecular weight is 625 g/mol. The summed E-state index contributed by atoms with van der Waals surface area (Å²) in [5.74, 6) is 0. The summed E-state index contributed by atoms with van der Waals surface area (Å²) >= 11 is 0. The zero-order valence-electron chi connectivity index (χ0n) is 26.5. The van der Waals surface area contributed by atoms with Gasteiger partial charge in [0.05, 0.1) is 22.1 Å². The Morgan fingerprint density at radius 2 is 1.04 bits per heavy atom. The number of hydrogen-bond acceptors (Lipinski definition) is 1. The Labute approximate surface area is 281 Å². The first-order valence-corrected chi connectivity index (χ1v) is 16.8. The van der Waals surface area contributed by atoms with Crippen molar-refractivity contribution in [1.29, 1.82) is 0 Å². The molecule has 0 saturated heterocycles. The summed E-state index contributed by atoms with van der Waals surface area (Å²) in [4.78, 5) is 0. The Bertz CT molecular complexity index is 3100. The van der Waals surface area contributed by atoms with Crippen LogP contribution in [0.5, 0.6) is 0 Å². The molecule has 0 aliphatic carbocycles. The summed E-state index contributed by atoms with van der Waals surface area (Å²) in [7, 11) is 0. The van der Waals surface area contributed by atoms with E-state index in [-0.39, 0.29) is 0 Å². The van der Waals surface area contributed by atoms with Gasteiger partial charge in [-0.05, 0) is 82.6 Å².